The zero-order valence-corrected chi connectivity index (χ0v) is 12.0. The fourth-order valence-corrected chi connectivity index (χ4v) is 1.78. The standard InChI is InChI=1S/C14H19N5O/c1-10-6-4-5-7-12(10)8-16-14(15-3)17-9-13-18-11(2)20-19-13/h4-7H,8-9H2,1-3H3,(H2,15,16,17). The van der Waals surface area contributed by atoms with E-state index in [1.165, 1.54) is 11.1 Å². The van der Waals surface area contributed by atoms with Crippen molar-refractivity contribution in [3.05, 3.63) is 47.1 Å². The summed E-state index contributed by atoms with van der Waals surface area (Å²) >= 11 is 0. The molecule has 6 heteroatoms. The Hall–Kier alpha value is -2.37. The van der Waals surface area contributed by atoms with E-state index in [0.717, 1.165) is 6.54 Å². The first kappa shape index (κ1) is 14.0. The summed E-state index contributed by atoms with van der Waals surface area (Å²) < 4.78 is 4.91. The topological polar surface area (TPSA) is 75.3 Å². The van der Waals surface area contributed by atoms with Crippen molar-refractivity contribution in [3.63, 3.8) is 0 Å². The van der Waals surface area contributed by atoms with Gasteiger partial charge in [-0.25, -0.2) is 0 Å². The normalized spacial score (nSPS) is 11.4. The molecule has 1 aromatic heterocycles. The molecule has 0 spiro atoms. The van der Waals surface area contributed by atoms with Crippen LogP contribution in [0.3, 0.4) is 0 Å². The third-order valence-electron chi connectivity index (χ3n) is 2.91. The molecular weight excluding hydrogens is 254 g/mol. The maximum atomic E-state index is 4.91. The number of nitrogens with one attached hydrogen (secondary N) is 2. The lowest BCUT2D eigenvalue weighted by atomic mass is 10.1. The van der Waals surface area contributed by atoms with Crippen molar-refractivity contribution < 1.29 is 4.52 Å². The van der Waals surface area contributed by atoms with E-state index in [2.05, 4.69) is 44.8 Å². The Balaban J connectivity index is 1.85. The zero-order chi connectivity index (χ0) is 14.4. The van der Waals surface area contributed by atoms with E-state index >= 15 is 0 Å². The van der Waals surface area contributed by atoms with Crippen LogP contribution in [0.15, 0.2) is 33.8 Å². The lowest BCUT2D eigenvalue weighted by Crippen LogP contribution is -2.36. The highest BCUT2D eigenvalue weighted by Gasteiger charge is 2.04. The van der Waals surface area contributed by atoms with Gasteiger partial charge in [0.05, 0.1) is 6.54 Å². The lowest BCUT2D eigenvalue weighted by molar-refractivity contribution is 0.387. The van der Waals surface area contributed by atoms with Gasteiger partial charge in [0.15, 0.2) is 11.8 Å². The van der Waals surface area contributed by atoms with Crippen LogP contribution in [0.2, 0.25) is 0 Å². The van der Waals surface area contributed by atoms with Crippen molar-refractivity contribution in [2.75, 3.05) is 7.05 Å². The Kier molecular flexibility index (Phi) is 4.70. The van der Waals surface area contributed by atoms with Crippen LogP contribution >= 0.6 is 0 Å². The highest BCUT2D eigenvalue weighted by atomic mass is 16.5. The molecule has 2 N–H and O–H groups in total. The fraction of sp³-hybridized carbons (Fsp3) is 0.357. The lowest BCUT2D eigenvalue weighted by Gasteiger charge is -2.11. The molecule has 0 saturated heterocycles. The Morgan fingerprint density at radius 3 is 2.60 bits per heavy atom. The Labute approximate surface area is 118 Å². The van der Waals surface area contributed by atoms with Crippen LogP contribution in [0.4, 0.5) is 0 Å². The van der Waals surface area contributed by atoms with Crippen molar-refractivity contribution in [1.82, 2.24) is 20.8 Å². The largest absolute Gasteiger partial charge is 0.352 e. The molecule has 1 aromatic carbocycles. The summed E-state index contributed by atoms with van der Waals surface area (Å²) in [7, 11) is 1.73. The van der Waals surface area contributed by atoms with Gasteiger partial charge in [0.1, 0.15) is 0 Å². The van der Waals surface area contributed by atoms with Crippen molar-refractivity contribution >= 4 is 5.96 Å². The molecule has 0 fully saturated rings. The van der Waals surface area contributed by atoms with E-state index in [-0.39, 0.29) is 0 Å². The van der Waals surface area contributed by atoms with Gasteiger partial charge in [0.25, 0.3) is 0 Å². The van der Waals surface area contributed by atoms with Crippen LogP contribution in [0.25, 0.3) is 0 Å². The molecule has 2 rings (SSSR count). The SMILES string of the molecule is CN=C(NCc1noc(C)n1)NCc1ccccc1C. The predicted octanol–water partition coefficient (Wildman–Crippen LogP) is 1.55. The maximum absolute atomic E-state index is 4.91. The van der Waals surface area contributed by atoms with E-state index < -0.39 is 0 Å². The Morgan fingerprint density at radius 1 is 1.20 bits per heavy atom. The number of aliphatic imine (C=N–C) groups is 1. The van der Waals surface area contributed by atoms with Gasteiger partial charge in [-0.15, -0.1) is 0 Å². The highest BCUT2D eigenvalue weighted by molar-refractivity contribution is 5.79. The highest BCUT2D eigenvalue weighted by Crippen LogP contribution is 2.05. The smallest absolute Gasteiger partial charge is 0.223 e. The molecule has 0 unspecified atom stereocenters. The van der Waals surface area contributed by atoms with E-state index in [1.54, 1.807) is 14.0 Å². The molecule has 0 aliphatic carbocycles. The molecule has 0 amide bonds. The van der Waals surface area contributed by atoms with Gasteiger partial charge in [-0.3, -0.25) is 4.99 Å². The monoisotopic (exact) mass is 273 g/mol. The quantitative estimate of drug-likeness (QED) is 0.653. The molecule has 0 aliphatic heterocycles. The van der Waals surface area contributed by atoms with Crippen molar-refractivity contribution in [2.45, 2.75) is 26.9 Å². The zero-order valence-electron chi connectivity index (χ0n) is 12.0. The first-order valence-electron chi connectivity index (χ1n) is 6.47. The minimum absolute atomic E-state index is 0.477. The van der Waals surface area contributed by atoms with Crippen LogP contribution in [0, 0.1) is 13.8 Å². The summed E-state index contributed by atoms with van der Waals surface area (Å²) in [5.41, 5.74) is 2.50. The van der Waals surface area contributed by atoms with Crippen LogP contribution < -0.4 is 10.6 Å². The Morgan fingerprint density at radius 2 is 1.95 bits per heavy atom. The second-order valence-electron chi connectivity index (χ2n) is 4.44. The predicted molar refractivity (Wildman–Crippen MR) is 77.3 cm³/mol. The number of guanidine groups is 1. The summed E-state index contributed by atoms with van der Waals surface area (Å²) in [4.78, 5) is 8.29. The first-order chi connectivity index (χ1) is 9.69. The van der Waals surface area contributed by atoms with E-state index in [0.29, 0.717) is 24.2 Å². The van der Waals surface area contributed by atoms with Gasteiger partial charge in [-0.1, -0.05) is 29.4 Å². The molecule has 106 valence electrons. The summed E-state index contributed by atoms with van der Waals surface area (Å²) in [6, 6.07) is 8.25. The maximum Gasteiger partial charge on any atom is 0.223 e. The van der Waals surface area contributed by atoms with Gasteiger partial charge in [-0.05, 0) is 18.1 Å². The van der Waals surface area contributed by atoms with Gasteiger partial charge in [-0.2, -0.15) is 4.98 Å². The minimum Gasteiger partial charge on any atom is -0.352 e. The number of aryl methyl sites for hydroxylation is 2. The summed E-state index contributed by atoms with van der Waals surface area (Å²) in [6.45, 7) is 5.06. The summed E-state index contributed by atoms with van der Waals surface area (Å²) in [5, 5.41) is 10.2. The molecular formula is C14H19N5O. The van der Waals surface area contributed by atoms with Gasteiger partial charge in [0.2, 0.25) is 5.89 Å². The van der Waals surface area contributed by atoms with Crippen LogP contribution in [-0.2, 0) is 13.1 Å². The van der Waals surface area contributed by atoms with Gasteiger partial charge < -0.3 is 15.2 Å². The van der Waals surface area contributed by atoms with Crippen molar-refractivity contribution in [2.24, 2.45) is 4.99 Å². The van der Waals surface area contributed by atoms with Gasteiger partial charge in [0, 0.05) is 20.5 Å². The first-order valence-corrected chi connectivity index (χ1v) is 6.47. The summed E-state index contributed by atoms with van der Waals surface area (Å²) in [6.07, 6.45) is 0. The van der Waals surface area contributed by atoms with Gasteiger partial charge >= 0.3 is 0 Å². The number of hydrogen-bond acceptors (Lipinski definition) is 4. The third-order valence-corrected chi connectivity index (χ3v) is 2.91. The van der Waals surface area contributed by atoms with Crippen molar-refractivity contribution in [3.8, 4) is 0 Å². The average molecular weight is 273 g/mol. The number of rotatable bonds is 4. The fourth-order valence-electron chi connectivity index (χ4n) is 1.78. The number of nitrogens with zero attached hydrogens (tertiary/aromatic N) is 3. The molecule has 0 radical (unpaired) electrons. The minimum atomic E-state index is 0.477. The number of aromatic nitrogens is 2. The Bertz CT molecular complexity index is 591. The van der Waals surface area contributed by atoms with E-state index in [1.807, 2.05) is 12.1 Å². The number of hydrogen-bond donors (Lipinski definition) is 2. The molecule has 20 heavy (non-hydrogen) atoms. The molecule has 0 bridgehead atoms. The van der Waals surface area contributed by atoms with Crippen molar-refractivity contribution in [1.29, 1.82) is 0 Å². The van der Waals surface area contributed by atoms with E-state index in [9.17, 15) is 0 Å². The number of benzene rings is 1. The van der Waals surface area contributed by atoms with Crippen LogP contribution in [0.5, 0.6) is 0 Å². The van der Waals surface area contributed by atoms with Crippen LogP contribution in [0.1, 0.15) is 22.8 Å². The molecule has 0 aliphatic rings. The van der Waals surface area contributed by atoms with Crippen LogP contribution in [-0.4, -0.2) is 23.1 Å². The average Bonchev–Trinajstić information content (AvgIpc) is 2.86. The molecule has 0 atom stereocenters. The second-order valence-corrected chi connectivity index (χ2v) is 4.44. The molecule has 6 nitrogen and oxygen atoms in total. The molecule has 0 saturated carbocycles. The third kappa shape index (κ3) is 3.81. The summed E-state index contributed by atoms with van der Waals surface area (Å²) in [5.74, 6) is 1.88. The molecule has 1 heterocycles. The van der Waals surface area contributed by atoms with E-state index in [4.69, 9.17) is 4.52 Å². The molecule has 2 aromatic rings. The second kappa shape index (κ2) is 6.70.